The van der Waals surface area contributed by atoms with Crippen LogP contribution in [0.2, 0.25) is 0 Å². The highest BCUT2D eigenvalue weighted by Gasteiger charge is 2.12. The maximum atomic E-state index is 13.1. The van der Waals surface area contributed by atoms with Crippen molar-refractivity contribution < 1.29 is 13.9 Å². The first-order valence-electron chi connectivity index (χ1n) is 7.50. The quantitative estimate of drug-likeness (QED) is 0.631. The molecule has 3 rings (SSSR count). The van der Waals surface area contributed by atoms with Crippen LogP contribution in [0.25, 0.3) is 11.2 Å². The number of nitrogens with zero attached hydrogens (tertiary/aromatic N) is 4. The fraction of sp³-hybridized carbons (Fsp3) is 0.250. The van der Waals surface area contributed by atoms with Gasteiger partial charge in [-0.3, -0.25) is 0 Å². The lowest BCUT2D eigenvalue weighted by molar-refractivity contribution is -0.0914. The summed E-state index contributed by atoms with van der Waals surface area (Å²) in [6, 6.07) is 5.94. The zero-order valence-electron chi connectivity index (χ0n) is 13.7. The second-order valence-electron chi connectivity index (χ2n) is 5.04. The first kappa shape index (κ1) is 16.9. The SMILES string of the molecule is COC(CNc1nc(Nc2ccc(F)cc2)c2nccnc2n1)OC. The van der Waals surface area contributed by atoms with Gasteiger partial charge in [0.1, 0.15) is 5.82 Å². The largest absolute Gasteiger partial charge is 0.354 e. The molecule has 8 nitrogen and oxygen atoms in total. The maximum Gasteiger partial charge on any atom is 0.227 e. The molecule has 0 aliphatic rings. The van der Waals surface area contributed by atoms with Crippen LogP contribution in [0.1, 0.15) is 0 Å². The number of rotatable bonds is 7. The summed E-state index contributed by atoms with van der Waals surface area (Å²) in [6.45, 7) is 0.356. The Morgan fingerprint density at radius 2 is 1.76 bits per heavy atom. The van der Waals surface area contributed by atoms with Gasteiger partial charge in [-0.25, -0.2) is 14.4 Å². The molecule has 0 spiro atoms. The lowest BCUT2D eigenvalue weighted by Gasteiger charge is -2.15. The summed E-state index contributed by atoms with van der Waals surface area (Å²) in [5, 5.41) is 6.14. The van der Waals surface area contributed by atoms with E-state index in [1.165, 1.54) is 12.1 Å². The zero-order valence-corrected chi connectivity index (χ0v) is 13.7. The van der Waals surface area contributed by atoms with Gasteiger partial charge in [0.2, 0.25) is 5.95 Å². The summed E-state index contributed by atoms with van der Waals surface area (Å²) in [5.41, 5.74) is 1.60. The number of nitrogens with one attached hydrogen (secondary N) is 2. The normalized spacial score (nSPS) is 11.0. The monoisotopic (exact) mass is 344 g/mol. The van der Waals surface area contributed by atoms with Crippen LogP contribution in [-0.4, -0.2) is 47.0 Å². The van der Waals surface area contributed by atoms with E-state index in [9.17, 15) is 4.39 Å². The van der Waals surface area contributed by atoms with Crippen molar-refractivity contribution >= 4 is 28.6 Å². The molecular formula is C16H17FN6O2. The fourth-order valence-corrected chi connectivity index (χ4v) is 2.14. The smallest absolute Gasteiger partial charge is 0.227 e. The molecule has 0 radical (unpaired) electrons. The van der Waals surface area contributed by atoms with Gasteiger partial charge in [-0.1, -0.05) is 0 Å². The number of hydrogen-bond donors (Lipinski definition) is 2. The average molecular weight is 344 g/mol. The van der Waals surface area contributed by atoms with Crippen molar-refractivity contribution in [3.63, 3.8) is 0 Å². The molecule has 0 aliphatic heterocycles. The number of ether oxygens (including phenoxy) is 2. The van der Waals surface area contributed by atoms with E-state index in [1.54, 1.807) is 38.7 Å². The lowest BCUT2D eigenvalue weighted by Crippen LogP contribution is -2.24. The minimum Gasteiger partial charge on any atom is -0.354 e. The Kier molecular flexibility index (Phi) is 5.26. The molecule has 25 heavy (non-hydrogen) atoms. The molecule has 0 aliphatic carbocycles. The van der Waals surface area contributed by atoms with Crippen LogP contribution in [0.3, 0.4) is 0 Å². The number of fused-ring (bicyclic) bond motifs is 1. The molecular weight excluding hydrogens is 327 g/mol. The Balaban J connectivity index is 1.90. The molecule has 3 aromatic rings. The van der Waals surface area contributed by atoms with Crippen molar-refractivity contribution in [2.45, 2.75) is 6.29 Å². The second-order valence-corrected chi connectivity index (χ2v) is 5.04. The third kappa shape index (κ3) is 4.14. The van der Waals surface area contributed by atoms with Crippen molar-refractivity contribution in [3.05, 3.63) is 42.5 Å². The molecule has 0 atom stereocenters. The van der Waals surface area contributed by atoms with Gasteiger partial charge in [0, 0.05) is 32.3 Å². The molecule has 9 heteroatoms. The predicted molar refractivity (Wildman–Crippen MR) is 91.1 cm³/mol. The Morgan fingerprint density at radius 1 is 1.04 bits per heavy atom. The van der Waals surface area contributed by atoms with Gasteiger partial charge in [-0.15, -0.1) is 0 Å². The van der Waals surface area contributed by atoms with Crippen LogP contribution in [0.15, 0.2) is 36.7 Å². The van der Waals surface area contributed by atoms with Crippen LogP contribution in [0.4, 0.5) is 21.8 Å². The van der Waals surface area contributed by atoms with Crippen LogP contribution >= 0.6 is 0 Å². The second kappa shape index (κ2) is 7.77. The number of aromatic nitrogens is 4. The van der Waals surface area contributed by atoms with Crippen LogP contribution in [-0.2, 0) is 9.47 Å². The average Bonchev–Trinajstić information content (AvgIpc) is 2.64. The molecule has 1 aromatic carbocycles. The first-order chi connectivity index (χ1) is 12.2. The zero-order chi connectivity index (χ0) is 17.6. The van der Waals surface area contributed by atoms with Crippen molar-refractivity contribution in [2.24, 2.45) is 0 Å². The number of anilines is 3. The van der Waals surface area contributed by atoms with Gasteiger partial charge >= 0.3 is 0 Å². The van der Waals surface area contributed by atoms with Crippen molar-refractivity contribution in [3.8, 4) is 0 Å². The highest BCUT2D eigenvalue weighted by atomic mass is 19.1. The van der Waals surface area contributed by atoms with Crippen LogP contribution < -0.4 is 10.6 Å². The Bertz CT molecular complexity index is 842. The van der Waals surface area contributed by atoms with E-state index in [4.69, 9.17) is 9.47 Å². The van der Waals surface area contributed by atoms with Crippen LogP contribution in [0.5, 0.6) is 0 Å². The number of benzene rings is 1. The molecule has 130 valence electrons. The third-order valence-electron chi connectivity index (χ3n) is 3.39. The Morgan fingerprint density at radius 3 is 2.48 bits per heavy atom. The topological polar surface area (TPSA) is 94.1 Å². The minimum atomic E-state index is -0.435. The molecule has 0 unspecified atom stereocenters. The van der Waals surface area contributed by atoms with E-state index >= 15 is 0 Å². The van der Waals surface area contributed by atoms with Gasteiger partial charge in [0.05, 0.1) is 6.54 Å². The lowest BCUT2D eigenvalue weighted by atomic mass is 10.3. The summed E-state index contributed by atoms with van der Waals surface area (Å²) in [6.07, 6.45) is 2.67. The summed E-state index contributed by atoms with van der Waals surface area (Å²) in [4.78, 5) is 17.2. The molecule has 0 saturated heterocycles. The fourth-order valence-electron chi connectivity index (χ4n) is 2.14. The molecule has 0 amide bonds. The number of hydrogen-bond acceptors (Lipinski definition) is 8. The van der Waals surface area contributed by atoms with Gasteiger partial charge < -0.3 is 20.1 Å². The maximum absolute atomic E-state index is 13.1. The summed E-state index contributed by atoms with van der Waals surface area (Å²) >= 11 is 0. The molecule has 2 aromatic heterocycles. The molecule has 0 fully saturated rings. The van der Waals surface area contributed by atoms with E-state index in [0.717, 1.165) is 0 Å². The van der Waals surface area contributed by atoms with Crippen molar-refractivity contribution in [1.29, 1.82) is 0 Å². The molecule has 2 N–H and O–H groups in total. The Labute approximate surface area is 143 Å². The summed E-state index contributed by atoms with van der Waals surface area (Å²) < 4.78 is 23.3. The van der Waals surface area contributed by atoms with Gasteiger partial charge in [-0.05, 0) is 24.3 Å². The van der Waals surface area contributed by atoms with E-state index in [0.29, 0.717) is 35.2 Å². The summed E-state index contributed by atoms with van der Waals surface area (Å²) in [5.74, 6) is 0.487. The highest BCUT2D eigenvalue weighted by Crippen LogP contribution is 2.22. The van der Waals surface area contributed by atoms with Gasteiger partial charge in [-0.2, -0.15) is 9.97 Å². The van der Waals surface area contributed by atoms with Crippen molar-refractivity contribution in [1.82, 2.24) is 19.9 Å². The van der Waals surface area contributed by atoms with Crippen molar-refractivity contribution in [2.75, 3.05) is 31.4 Å². The Hall–Kier alpha value is -2.91. The first-order valence-corrected chi connectivity index (χ1v) is 7.50. The van der Waals surface area contributed by atoms with E-state index in [2.05, 4.69) is 30.6 Å². The van der Waals surface area contributed by atoms with Crippen LogP contribution in [0, 0.1) is 5.82 Å². The predicted octanol–water partition coefficient (Wildman–Crippen LogP) is 2.33. The molecule has 0 bridgehead atoms. The van der Waals surface area contributed by atoms with E-state index < -0.39 is 6.29 Å². The minimum absolute atomic E-state index is 0.314. The van der Waals surface area contributed by atoms with E-state index in [-0.39, 0.29) is 5.82 Å². The third-order valence-corrected chi connectivity index (χ3v) is 3.39. The highest BCUT2D eigenvalue weighted by molar-refractivity contribution is 5.85. The number of halogens is 1. The molecule has 2 heterocycles. The summed E-state index contributed by atoms with van der Waals surface area (Å²) in [7, 11) is 3.09. The molecule has 0 saturated carbocycles. The standard InChI is InChI=1S/C16H17FN6O2/c1-24-12(25-2)9-20-16-22-14-13(18-7-8-19-14)15(23-16)21-11-5-3-10(17)4-6-11/h3-8,12H,9H2,1-2H3,(H2,19,20,21,22,23). The van der Waals surface area contributed by atoms with E-state index in [1.807, 2.05) is 0 Å². The van der Waals surface area contributed by atoms with Gasteiger partial charge in [0.15, 0.2) is 23.3 Å². The van der Waals surface area contributed by atoms with Gasteiger partial charge in [0.25, 0.3) is 0 Å². The number of methoxy groups -OCH3 is 2.